The van der Waals surface area contributed by atoms with E-state index in [0.717, 1.165) is 0 Å². The molecule has 56 valence electrons. The molecular formula is C4H11NO3S. The molecule has 0 bridgehead atoms. The Balaban J connectivity index is 3.39. The third-order valence-corrected chi connectivity index (χ3v) is 1.02. The Morgan fingerprint density at radius 1 is 1.67 bits per heavy atom. The molecule has 0 aromatic rings. The molecule has 0 fully saturated rings. The van der Waals surface area contributed by atoms with Crippen LogP contribution in [-0.4, -0.2) is 26.0 Å². The van der Waals surface area contributed by atoms with Gasteiger partial charge in [0.25, 0.3) is 0 Å². The van der Waals surface area contributed by atoms with Crippen LogP contribution in [-0.2, 0) is 11.3 Å². The van der Waals surface area contributed by atoms with E-state index in [1.54, 1.807) is 13.8 Å². The van der Waals surface area contributed by atoms with Crippen molar-refractivity contribution in [1.29, 1.82) is 0 Å². The van der Waals surface area contributed by atoms with Crippen molar-refractivity contribution >= 4 is 11.3 Å². The van der Waals surface area contributed by atoms with Gasteiger partial charge in [-0.15, -0.1) is 0 Å². The van der Waals surface area contributed by atoms with Gasteiger partial charge in [-0.25, -0.2) is 8.93 Å². The first-order valence-electron chi connectivity index (χ1n) is 2.48. The topological polar surface area (TPSA) is 69.6 Å². The number of hydrogen-bond donors (Lipinski definition) is 3. The molecule has 0 saturated heterocycles. The first kappa shape index (κ1) is 9.03. The molecule has 5 heteroatoms. The SMILES string of the molecule is CC(C)(O)CNS(=O)O. The second kappa shape index (κ2) is 3.26. The standard InChI is InChI=1S/C4H11NO3S/c1-4(2,6)3-5-9(7)8/h5-6H,3H2,1-2H3,(H,7,8). The van der Waals surface area contributed by atoms with Gasteiger partial charge in [0.15, 0.2) is 0 Å². The summed E-state index contributed by atoms with van der Waals surface area (Å²) in [7, 11) is 0. The van der Waals surface area contributed by atoms with Crippen molar-refractivity contribution in [3.8, 4) is 0 Å². The van der Waals surface area contributed by atoms with Gasteiger partial charge in [0.1, 0.15) is 0 Å². The summed E-state index contributed by atoms with van der Waals surface area (Å²) in [5, 5.41) is 8.96. The van der Waals surface area contributed by atoms with Crippen molar-refractivity contribution in [3.63, 3.8) is 0 Å². The van der Waals surface area contributed by atoms with Crippen molar-refractivity contribution < 1.29 is 13.9 Å². The largest absolute Gasteiger partial charge is 0.389 e. The molecule has 3 N–H and O–H groups in total. The van der Waals surface area contributed by atoms with Crippen LogP contribution in [0.15, 0.2) is 0 Å². The number of rotatable bonds is 3. The van der Waals surface area contributed by atoms with E-state index in [1.165, 1.54) is 0 Å². The molecule has 0 aliphatic heterocycles. The highest BCUT2D eigenvalue weighted by atomic mass is 32.2. The minimum atomic E-state index is -2.02. The predicted octanol–water partition coefficient (Wildman–Crippen LogP) is -0.516. The number of nitrogens with one attached hydrogen (secondary N) is 1. The predicted molar refractivity (Wildman–Crippen MR) is 35.1 cm³/mol. The van der Waals surface area contributed by atoms with Crippen molar-refractivity contribution in [3.05, 3.63) is 0 Å². The summed E-state index contributed by atoms with van der Waals surface area (Å²) in [6.45, 7) is 3.20. The van der Waals surface area contributed by atoms with E-state index in [4.69, 9.17) is 9.66 Å². The zero-order valence-electron chi connectivity index (χ0n) is 5.42. The first-order chi connectivity index (χ1) is 3.92. The highest BCUT2D eigenvalue weighted by Gasteiger charge is 2.11. The Labute approximate surface area is 56.7 Å². The van der Waals surface area contributed by atoms with Crippen molar-refractivity contribution in [2.75, 3.05) is 6.54 Å². The van der Waals surface area contributed by atoms with Crippen molar-refractivity contribution in [2.45, 2.75) is 19.4 Å². The fourth-order valence-corrected chi connectivity index (χ4v) is 0.715. The zero-order valence-corrected chi connectivity index (χ0v) is 6.23. The van der Waals surface area contributed by atoms with E-state index in [9.17, 15) is 4.21 Å². The maximum Gasteiger partial charge on any atom is 0.231 e. The summed E-state index contributed by atoms with van der Waals surface area (Å²) in [5.74, 6) is 0. The molecule has 0 aromatic carbocycles. The van der Waals surface area contributed by atoms with E-state index in [1.807, 2.05) is 0 Å². The fraction of sp³-hybridized carbons (Fsp3) is 1.00. The van der Waals surface area contributed by atoms with Crippen LogP contribution in [0.2, 0.25) is 0 Å². The minimum absolute atomic E-state index is 0.107. The van der Waals surface area contributed by atoms with Gasteiger partial charge in [-0.2, -0.15) is 0 Å². The average molecular weight is 153 g/mol. The summed E-state index contributed by atoms with van der Waals surface area (Å²) in [6, 6.07) is 0. The van der Waals surface area contributed by atoms with Gasteiger partial charge >= 0.3 is 0 Å². The highest BCUT2D eigenvalue weighted by Crippen LogP contribution is 1.96. The summed E-state index contributed by atoms with van der Waals surface area (Å²) < 4.78 is 20.3. The van der Waals surface area contributed by atoms with Gasteiger partial charge in [-0.3, -0.25) is 4.55 Å². The van der Waals surface area contributed by atoms with Gasteiger partial charge in [-0.05, 0) is 13.8 Å². The maximum atomic E-state index is 9.93. The molecule has 0 aliphatic carbocycles. The van der Waals surface area contributed by atoms with Crippen LogP contribution in [0.4, 0.5) is 0 Å². The molecule has 0 heterocycles. The second-order valence-corrected chi connectivity index (χ2v) is 3.17. The van der Waals surface area contributed by atoms with Gasteiger partial charge in [0.05, 0.1) is 5.60 Å². The zero-order chi connectivity index (χ0) is 7.49. The third kappa shape index (κ3) is 8.03. The van der Waals surface area contributed by atoms with Crippen LogP contribution >= 0.6 is 0 Å². The first-order valence-corrected chi connectivity index (χ1v) is 3.59. The van der Waals surface area contributed by atoms with Crippen LogP contribution < -0.4 is 4.72 Å². The number of aliphatic hydroxyl groups is 1. The summed E-state index contributed by atoms with van der Waals surface area (Å²) in [5.41, 5.74) is -0.932. The Morgan fingerprint density at radius 2 is 2.11 bits per heavy atom. The van der Waals surface area contributed by atoms with Gasteiger partial charge in [0, 0.05) is 6.54 Å². The van der Waals surface area contributed by atoms with Crippen LogP contribution in [0, 0.1) is 0 Å². The second-order valence-electron chi connectivity index (χ2n) is 2.38. The molecule has 4 nitrogen and oxygen atoms in total. The average Bonchev–Trinajstić information content (AvgIpc) is 1.59. The molecule has 1 unspecified atom stereocenters. The lowest BCUT2D eigenvalue weighted by Gasteiger charge is -2.15. The van der Waals surface area contributed by atoms with Crippen molar-refractivity contribution in [2.24, 2.45) is 0 Å². The van der Waals surface area contributed by atoms with Gasteiger partial charge < -0.3 is 5.11 Å². The molecule has 0 aliphatic rings. The Morgan fingerprint density at radius 3 is 2.22 bits per heavy atom. The monoisotopic (exact) mass is 153 g/mol. The third-order valence-electron chi connectivity index (χ3n) is 0.628. The van der Waals surface area contributed by atoms with E-state index in [0.29, 0.717) is 0 Å². The van der Waals surface area contributed by atoms with Crippen LogP contribution in [0.25, 0.3) is 0 Å². The molecule has 9 heavy (non-hydrogen) atoms. The summed E-state index contributed by atoms with van der Waals surface area (Å²) in [4.78, 5) is 0. The highest BCUT2D eigenvalue weighted by molar-refractivity contribution is 7.77. The smallest absolute Gasteiger partial charge is 0.231 e. The Bertz CT molecular complexity index is 109. The molecule has 0 rings (SSSR count). The lowest BCUT2D eigenvalue weighted by molar-refractivity contribution is 0.0856. The summed E-state index contributed by atoms with van der Waals surface area (Å²) in [6.07, 6.45) is 0. The van der Waals surface area contributed by atoms with Gasteiger partial charge in [-0.1, -0.05) is 0 Å². The molecular weight excluding hydrogens is 142 g/mol. The quantitative estimate of drug-likeness (QED) is 0.478. The molecule has 0 radical (unpaired) electrons. The normalized spacial score (nSPS) is 15.6. The number of hydrogen-bond acceptors (Lipinski definition) is 2. The van der Waals surface area contributed by atoms with Crippen molar-refractivity contribution in [1.82, 2.24) is 4.72 Å². The van der Waals surface area contributed by atoms with E-state index < -0.39 is 16.9 Å². The molecule has 0 saturated carbocycles. The van der Waals surface area contributed by atoms with Crippen LogP contribution in [0.5, 0.6) is 0 Å². The lowest BCUT2D eigenvalue weighted by atomic mass is 10.1. The Kier molecular flexibility index (Phi) is 3.27. The van der Waals surface area contributed by atoms with Gasteiger partial charge in [0.2, 0.25) is 11.3 Å². The fourth-order valence-electron chi connectivity index (χ4n) is 0.238. The molecule has 0 amide bonds. The molecule has 1 atom stereocenters. The maximum absolute atomic E-state index is 9.93. The van der Waals surface area contributed by atoms with E-state index >= 15 is 0 Å². The van der Waals surface area contributed by atoms with Crippen LogP contribution in [0.1, 0.15) is 13.8 Å². The lowest BCUT2D eigenvalue weighted by Crippen LogP contribution is -2.35. The molecule has 0 aromatic heterocycles. The minimum Gasteiger partial charge on any atom is -0.389 e. The summed E-state index contributed by atoms with van der Waals surface area (Å²) >= 11 is -2.02. The van der Waals surface area contributed by atoms with Crippen LogP contribution in [0.3, 0.4) is 0 Å². The molecule has 0 spiro atoms. The Hall–Kier alpha value is 0.0300. The van der Waals surface area contributed by atoms with E-state index in [2.05, 4.69) is 4.72 Å². The van der Waals surface area contributed by atoms with E-state index in [-0.39, 0.29) is 6.54 Å².